The Morgan fingerprint density at radius 1 is 0.260 bits per heavy atom. The highest BCUT2D eigenvalue weighted by atomic mass is 19.4. The molecule has 50 heavy (non-hydrogen) atoms. The zero-order valence-corrected chi connectivity index (χ0v) is 23.8. The number of nitrogens with zero attached hydrogens (tertiary/aromatic N) is 2. The molecular formula is C22H20F26N2+2. The third-order valence-electron chi connectivity index (χ3n) is 8.94. The second-order valence-electron chi connectivity index (χ2n) is 12.0. The first-order valence-corrected chi connectivity index (χ1v) is 13.2. The molecule has 0 amide bonds. The molecule has 0 N–H and O–H groups in total. The first-order chi connectivity index (χ1) is 21.5. The van der Waals surface area contributed by atoms with Gasteiger partial charge in [-0.1, -0.05) is 0 Å². The largest absolute Gasteiger partial charge is 0.460 e. The first-order valence-electron chi connectivity index (χ1n) is 13.2. The van der Waals surface area contributed by atoms with E-state index in [4.69, 9.17) is 0 Å². The molecule has 0 unspecified atom stereocenters. The van der Waals surface area contributed by atoms with Gasteiger partial charge in [0.1, 0.15) is 39.3 Å². The number of rotatable bonds is 14. The van der Waals surface area contributed by atoms with Crippen molar-refractivity contribution in [3.63, 3.8) is 0 Å². The van der Waals surface area contributed by atoms with Crippen LogP contribution in [-0.4, -0.2) is 133 Å². The summed E-state index contributed by atoms with van der Waals surface area (Å²) in [5.74, 6) is -76.5. The molecule has 0 spiro atoms. The summed E-state index contributed by atoms with van der Waals surface area (Å²) in [5, 5.41) is 0. The Kier molecular flexibility index (Phi) is 10.4. The van der Waals surface area contributed by atoms with E-state index in [1.165, 1.54) is 0 Å². The van der Waals surface area contributed by atoms with Crippen LogP contribution in [0.2, 0.25) is 0 Å². The van der Waals surface area contributed by atoms with E-state index in [9.17, 15) is 114 Å². The third kappa shape index (κ3) is 6.19. The van der Waals surface area contributed by atoms with E-state index < -0.39 is 146 Å². The van der Waals surface area contributed by atoms with E-state index in [-0.39, 0.29) is 0 Å². The maximum Gasteiger partial charge on any atom is 0.460 e. The second kappa shape index (κ2) is 11.8. The molecule has 3 saturated heterocycles. The average molecular weight is 806 g/mol. The van der Waals surface area contributed by atoms with Gasteiger partial charge in [0.25, 0.3) is 0 Å². The maximum atomic E-state index is 14.3. The van der Waals surface area contributed by atoms with Crippen LogP contribution >= 0.6 is 0 Å². The monoisotopic (exact) mass is 806 g/mol. The summed E-state index contributed by atoms with van der Waals surface area (Å²) in [5.41, 5.74) is 0. The summed E-state index contributed by atoms with van der Waals surface area (Å²) < 4.78 is 345. The van der Waals surface area contributed by atoms with Gasteiger partial charge in [0, 0.05) is 0 Å². The lowest BCUT2D eigenvalue weighted by molar-refractivity contribution is -1.08. The zero-order chi connectivity index (χ0) is 40.1. The minimum absolute atomic E-state index is 0.728. The van der Waals surface area contributed by atoms with Crippen molar-refractivity contribution < 1.29 is 123 Å². The summed E-state index contributed by atoms with van der Waals surface area (Å²) in [6.45, 7) is -7.33. The summed E-state index contributed by atoms with van der Waals surface area (Å²) in [6, 6.07) is 0. The van der Waals surface area contributed by atoms with Crippen molar-refractivity contribution in [3.8, 4) is 0 Å². The van der Waals surface area contributed by atoms with Crippen molar-refractivity contribution in [2.45, 2.75) is 84.4 Å². The number of quaternary nitrogens is 2. The molecule has 0 saturated carbocycles. The predicted molar refractivity (Wildman–Crippen MR) is 110 cm³/mol. The van der Waals surface area contributed by atoms with Crippen LogP contribution in [-0.2, 0) is 0 Å². The van der Waals surface area contributed by atoms with Crippen LogP contribution in [0, 0.1) is 0 Å². The van der Waals surface area contributed by atoms with Crippen molar-refractivity contribution in [1.82, 2.24) is 0 Å². The van der Waals surface area contributed by atoms with Gasteiger partial charge in [-0.05, 0) is 0 Å². The molecule has 2 nitrogen and oxygen atoms in total. The van der Waals surface area contributed by atoms with Gasteiger partial charge >= 0.3 is 71.6 Å². The van der Waals surface area contributed by atoms with Crippen molar-refractivity contribution >= 4 is 0 Å². The SMILES string of the molecule is FC(F)(F)C(F)(F)C(F)(F)C(F)(F)C(F)(F)C(F)(F)CC[N+]12CC[N+](CCC(F)(F)C(F)(F)C(F)(F)C(F)(F)C(F)(F)C(F)(F)F)(CC1)CC2. The Hall–Kier alpha value is -1.90. The van der Waals surface area contributed by atoms with E-state index in [0.717, 1.165) is 0 Å². The van der Waals surface area contributed by atoms with Crippen molar-refractivity contribution in [2.24, 2.45) is 0 Å². The summed E-state index contributed by atoms with van der Waals surface area (Å²) in [6.07, 6.45) is -20.5. The summed E-state index contributed by atoms with van der Waals surface area (Å²) in [4.78, 5) is 0. The summed E-state index contributed by atoms with van der Waals surface area (Å²) in [7, 11) is 0. The number of hydrogen-bond donors (Lipinski definition) is 0. The fourth-order valence-electron chi connectivity index (χ4n) is 5.29. The van der Waals surface area contributed by atoms with E-state index >= 15 is 0 Å². The highest BCUT2D eigenvalue weighted by Gasteiger charge is 2.92. The minimum atomic E-state index is -8.15. The van der Waals surface area contributed by atoms with Crippen LogP contribution < -0.4 is 0 Å². The lowest BCUT2D eigenvalue weighted by Gasteiger charge is -2.56. The molecule has 3 aliphatic rings. The Labute approximate surface area is 261 Å². The molecule has 3 fully saturated rings. The van der Waals surface area contributed by atoms with Crippen molar-refractivity contribution in [3.05, 3.63) is 0 Å². The molecule has 0 aromatic rings. The molecule has 3 rings (SSSR count). The Bertz CT molecular complexity index is 1110. The van der Waals surface area contributed by atoms with Gasteiger partial charge in [0.2, 0.25) is 0 Å². The molecule has 3 heterocycles. The molecular weight excluding hydrogens is 786 g/mol. The Morgan fingerprint density at radius 3 is 0.620 bits per heavy atom. The molecule has 0 atom stereocenters. The fourth-order valence-corrected chi connectivity index (χ4v) is 5.29. The smallest absolute Gasteiger partial charge is 0.309 e. The van der Waals surface area contributed by atoms with Crippen LogP contribution in [0.3, 0.4) is 0 Å². The third-order valence-corrected chi connectivity index (χ3v) is 8.94. The lowest BCUT2D eigenvalue weighted by atomic mass is 9.91. The molecule has 0 radical (unpaired) electrons. The van der Waals surface area contributed by atoms with Crippen molar-refractivity contribution in [2.75, 3.05) is 52.4 Å². The fraction of sp³-hybridized carbons (Fsp3) is 1.00. The van der Waals surface area contributed by atoms with Crippen LogP contribution in [0.25, 0.3) is 0 Å². The van der Waals surface area contributed by atoms with Gasteiger partial charge in [-0.25, -0.2) is 0 Å². The van der Waals surface area contributed by atoms with Gasteiger partial charge in [-0.2, -0.15) is 114 Å². The van der Waals surface area contributed by atoms with Crippen LogP contribution in [0.1, 0.15) is 12.8 Å². The van der Waals surface area contributed by atoms with E-state index in [2.05, 4.69) is 0 Å². The van der Waals surface area contributed by atoms with Crippen LogP contribution in [0.4, 0.5) is 114 Å². The molecule has 0 aromatic heterocycles. The standard InChI is InChI=1S/C22H20F26N2/c23-11(24,13(27,28)15(31,32)17(35,36)19(39,40)21(43,44)45)1-3-49-5-8-50(9-6-49,10-7-49)4-2-12(25,26)14(29,30)16(33,34)18(37,38)20(41,42)22(46,47)48/h1-10H2/q+2. The molecule has 2 bridgehead atoms. The Morgan fingerprint density at radius 2 is 0.440 bits per heavy atom. The number of piperazine rings is 3. The Balaban J connectivity index is 2.20. The van der Waals surface area contributed by atoms with E-state index in [0.29, 0.717) is 0 Å². The number of halogens is 26. The quantitative estimate of drug-likeness (QED) is 0.122. The number of fused-ring (bicyclic) bond motifs is 3. The molecule has 28 heteroatoms. The molecule has 3 aliphatic heterocycles. The molecule has 0 aromatic carbocycles. The lowest BCUT2D eigenvalue weighted by Crippen LogP contribution is -2.76. The van der Waals surface area contributed by atoms with Gasteiger partial charge in [-0.15, -0.1) is 0 Å². The minimum Gasteiger partial charge on any atom is -0.309 e. The van der Waals surface area contributed by atoms with Gasteiger partial charge in [-0.3, -0.25) is 0 Å². The molecule has 298 valence electrons. The predicted octanol–water partition coefficient (Wildman–Crippen LogP) is 8.91. The van der Waals surface area contributed by atoms with Crippen LogP contribution in [0.5, 0.6) is 0 Å². The normalized spacial score (nSPS) is 24.6. The maximum absolute atomic E-state index is 14.3. The van der Waals surface area contributed by atoms with Crippen LogP contribution in [0.15, 0.2) is 0 Å². The highest BCUT2D eigenvalue weighted by Crippen LogP contribution is 2.62. The van der Waals surface area contributed by atoms with Gasteiger partial charge < -0.3 is 8.97 Å². The number of alkyl halides is 26. The average Bonchev–Trinajstić information content (AvgIpc) is 2.94. The first kappa shape index (κ1) is 44.3. The van der Waals surface area contributed by atoms with Gasteiger partial charge in [0.15, 0.2) is 0 Å². The highest BCUT2D eigenvalue weighted by molar-refractivity contribution is 5.11. The van der Waals surface area contributed by atoms with E-state index in [1.54, 1.807) is 0 Å². The van der Waals surface area contributed by atoms with Crippen molar-refractivity contribution in [1.29, 1.82) is 0 Å². The zero-order valence-electron chi connectivity index (χ0n) is 23.8. The topological polar surface area (TPSA) is 0 Å². The number of hydrogen-bond acceptors (Lipinski definition) is 0. The van der Waals surface area contributed by atoms with Gasteiger partial charge in [0.05, 0.1) is 25.9 Å². The molecule has 0 aliphatic carbocycles. The van der Waals surface area contributed by atoms with E-state index in [1.807, 2.05) is 0 Å². The summed E-state index contributed by atoms with van der Waals surface area (Å²) >= 11 is 0. The second-order valence-corrected chi connectivity index (χ2v) is 12.0.